The topological polar surface area (TPSA) is 22.4 Å². The van der Waals surface area contributed by atoms with E-state index < -0.39 is 5.60 Å². The van der Waals surface area contributed by atoms with Crippen molar-refractivity contribution in [3.05, 3.63) is 132 Å². The molecule has 1 aromatic heterocycles. The second-order valence-electron chi connectivity index (χ2n) is 6.15. The highest BCUT2D eigenvalue weighted by atomic mass is 16.5. The minimum atomic E-state index is -0.712. The summed E-state index contributed by atoms with van der Waals surface area (Å²) in [5.41, 5.74) is 2.55. The Hall–Kier alpha value is -3.10. The highest BCUT2D eigenvalue weighted by Gasteiger charge is 2.37. The van der Waals surface area contributed by atoms with Gasteiger partial charge in [-0.1, -0.05) is 91.0 Å². The molecule has 2 heteroatoms. The van der Waals surface area contributed by atoms with Crippen molar-refractivity contribution in [2.24, 2.45) is 0 Å². The fourth-order valence-electron chi connectivity index (χ4n) is 3.34. The van der Waals surface area contributed by atoms with Crippen LogP contribution in [0, 0.1) is 0 Å². The van der Waals surface area contributed by atoms with E-state index in [1.165, 1.54) is 0 Å². The number of hydrogen-bond donors (Lipinski definition) is 0. The largest absolute Gasteiger partial charge is 0.467 e. The molecule has 0 amide bonds. The summed E-state index contributed by atoms with van der Waals surface area (Å²) < 4.78 is 12.2. The molecule has 0 bridgehead atoms. The van der Waals surface area contributed by atoms with Crippen molar-refractivity contribution in [1.29, 1.82) is 0 Å². The molecule has 3 aromatic carbocycles. The Bertz CT molecular complexity index is 817. The van der Waals surface area contributed by atoms with Crippen LogP contribution in [0.15, 0.2) is 114 Å². The van der Waals surface area contributed by atoms with Crippen LogP contribution in [0.2, 0.25) is 0 Å². The van der Waals surface area contributed by atoms with Gasteiger partial charge < -0.3 is 9.15 Å². The van der Waals surface area contributed by atoms with Gasteiger partial charge in [0.25, 0.3) is 0 Å². The second kappa shape index (κ2) is 7.42. The van der Waals surface area contributed by atoms with Crippen molar-refractivity contribution < 1.29 is 9.15 Å². The average molecular weight is 340 g/mol. The lowest BCUT2D eigenvalue weighted by Gasteiger charge is -2.35. The van der Waals surface area contributed by atoms with Crippen LogP contribution in [0.1, 0.15) is 22.5 Å². The van der Waals surface area contributed by atoms with Crippen molar-refractivity contribution in [2.75, 3.05) is 0 Å². The minimum Gasteiger partial charge on any atom is -0.467 e. The normalized spacial score (nSPS) is 11.4. The van der Waals surface area contributed by atoms with E-state index in [4.69, 9.17) is 9.15 Å². The zero-order valence-corrected chi connectivity index (χ0v) is 14.4. The monoisotopic (exact) mass is 340 g/mol. The Balaban J connectivity index is 1.90. The van der Waals surface area contributed by atoms with Gasteiger partial charge in [-0.25, -0.2) is 0 Å². The molecule has 2 nitrogen and oxygen atoms in total. The Morgan fingerprint density at radius 2 is 1.04 bits per heavy atom. The first-order valence-corrected chi connectivity index (χ1v) is 8.72. The van der Waals surface area contributed by atoms with E-state index in [1.807, 2.05) is 66.7 Å². The molecule has 1 heterocycles. The lowest BCUT2D eigenvalue weighted by atomic mass is 9.80. The van der Waals surface area contributed by atoms with Crippen LogP contribution in [-0.2, 0) is 16.9 Å². The molecule has 4 aromatic rings. The lowest BCUT2D eigenvalue weighted by Crippen LogP contribution is -2.32. The number of benzene rings is 3. The van der Waals surface area contributed by atoms with Crippen molar-refractivity contribution in [1.82, 2.24) is 0 Å². The molecule has 0 saturated heterocycles. The minimum absolute atomic E-state index is 0.381. The van der Waals surface area contributed by atoms with Crippen LogP contribution < -0.4 is 0 Å². The van der Waals surface area contributed by atoms with Crippen molar-refractivity contribution in [2.45, 2.75) is 12.2 Å². The summed E-state index contributed by atoms with van der Waals surface area (Å²) >= 11 is 0. The lowest BCUT2D eigenvalue weighted by molar-refractivity contribution is -0.00790. The van der Waals surface area contributed by atoms with Gasteiger partial charge in [0.15, 0.2) is 0 Å². The Kier molecular flexibility index (Phi) is 4.67. The molecule has 0 saturated carbocycles. The molecule has 4 rings (SSSR count). The van der Waals surface area contributed by atoms with Gasteiger partial charge in [0.1, 0.15) is 18.0 Å². The van der Waals surface area contributed by atoms with Gasteiger partial charge >= 0.3 is 0 Å². The number of ether oxygens (including phenoxy) is 1. The van der Waals surface area contributed by atoms with Crippen LogP contribution in [0.3, 0.4) is 0 Å². The molecule has 0 aliphatic heterocycles. The van der Waals surface area contributed by atoms with Crippen molar-refractivity contribution >= 4 is 0 Å². The van der Waals surface area contributed by atoms with Crippen LogP contribution in [0.5, 0.6) is 0 Å². The van der Waals surface area contributed by atoms with Gasteiger partial charge in [0.05, 0.1) is 6.26 Å². The van der Waals surface area contributed by atoms with E-state index >= 15 is 0 Å². The van der Waals surface area contributed by atoms with Gasteiger partial charge in [0, 0.05) is 0 Å². The Labute approximate surface area is 153 Å². The maximum absolute atomic E-state index is 6.64. The zero-order chi connectivity index (χ0) is 17.7. The fraction of sp³-hybridized carbons (Fsp3) is 0.0833. The predicted molar refractivity (Wildman–Crippen MR) is 103 cm³/mol. The second-order valence-corrected chi connectivity index (χ2v) is 6.15. The third kappa shape index (κ3) is 3.07. The molecule has 128 valence electrons. The van der Waals surface area contributed by atoms with Gasteiger partial charge in [-0.2, -0.15) is 0 Å². The molecule has 0 unspecified atom stereocenters. The van der Waals surface area contributed by atoms with E-state index in [2.05, 4.69) is 36.4 Å². The number of hydrogen-bond acceptors (Lipinski definition) is 2. The molecule has 0 spiro atoms. The number of rotatable bonds is 6. The van der Waals surface area contributed by atoms with Gasteiger partial charge in [-0.05, 0) is 28.8 Å². The summed E-state index contributed by atoms with van der Waals surface area (Å²) in [6.45, 7) is 0.381. The first-order valence-electron chi connectivity index (χ1n) is 8.72. The molecule has 0 aliphatic carbocycles. The van der Waals surface area contributed by atoms with Gasteiger partial charge in [-0.3, -0.25) is 0 Å². The third-order valence-corrected chi connectivity index (χ3v) is 4.55. The summed E-state index contributed by atoms with van der Waals surface area (Å²) in [4.78, 5) is 0. The van der Waals surface area contributed by atoms with E-state index in [9.17, 15) is 0 Å². The maximum atomic E-state index is 6.64. The highest BCUT2D eigenvalue weighted by Crippen LogP contribution is 2.41. The predicted octanol–water partition coefficient (Wildman–Crippen LogP) is 5.79. The standard InChI is InChI=1S/C24H20O2/c1-4-11-20(12-5-1)24(21-13-6-2-7-14-21,22-15-8-3-9-16-22)26-19-23-17-10-18-25-23/h1-18H,19H2. The molecular formula is C24H20O2. The van der Waals surface area contributed by atoms with Crippen molar-refractivity contribution in [3.63, 3.8) is 0 Å². The molecule has 0 aliphatic rings. The highest BCUT2D eigenvalue weighted by molar-refractivity contribution is 5.47. The zero-order valence-electron chi connectivity index (χ0n) is 14.4. The quantitative estimate of drug-likeness (QED) is 0.415. The van der Waals surface area contributed by atoms with E-state index in [1.54, 1.807) is 6.26 Å². The molecule has 26 heavy (non-hydrogen) atoms. The van der Waals surface area contributed by atoms with Crippen molar-refractivity contribution in [3.8, 4) is 0 Å². The molecule has 0 fully saturated rings. The Morgan fingerprint density at radius 1 is 0.577 bits per heavy atom. The number of furan rings is 1. The van der Waals surface area contributed by atoms with Crippen LogP contribution in [-0.4, -0.2) is 0 Å². The van der Waals surface area contributed by atoms with E-state index in [0.717, 1.165) is 22.5 Å². The average Bonchev–Trinajstić information content (AvgIpc) is 3.25. The molecule has 0 N–H and O–H groups in total. The smallest absolute Gasteiger partial charge is 0.144 e. The first-order chi connectivity index (χ1) is 12.9. The first kappa shape index (κ1) is 16.4. The summed E-state index contributed by atoms with van der Waals surface area (Å²) in [6.07, 6.45) is 1.67. The third-order valence-electron chi connectivity index (χ3n) is 4.55. The summed E-state index contributed by atoms with van der Waals surface area (Å²) in [6, 6.07) is 34.9. The summed E-state index contributed by atoms with van der Waals surface area (Å²) in [5, 5.41) is 0. The van der Waals surface area contributed by atoms with E-state index in [0.29, 0.717) is 6.61 Å². The molecule has 0 radical (unpaired) electrons. The molecule has 0 atom stereocenters. The SMILES string of the molecule is c1ccc(C(OCc2ccco2)(c2ccccc2)c2ccccc2)cc1. The summed E-state index contributed by atoms with van der Waals surface area (Å²) in [7, 11) is 0. The van der Waals surface area contributed by atoms with Gasteiger partial charge in [-0.15, -0.1) is 0 Å². The Morgan fingerprint density at radius 3 is 1.42 bits per heavy atom. The van der Waals surface area contributed by atoms with E-state index in [-0.39, 0.29) is 0 Å². The fourth-order valence-corrected chi connectivity index (χ4v) is 3.34. The molecular weight excluding hydrogens is 320 g/mol. The van der Waals surface area contributed by atoms with Crippen LogP contribution >= 0.6 is 0 Å². The van der Waals surface area contributed by atoms with Crippen LogP contribution in [0.4, 0.5) is 0 Å². The summed E-state index contributed by atoms with van der Waals surface area (Å²) in [5.74, 6) is 0.803. The maximum Gasteiger partial charge on any atom is 0.144 e. The van der Waals surface area contributed by atoms with Crippen LogP contribution in [0.25, 0.3) is 0 Å². The van der Waals surface area contributed by atoms with Gasteiger partial charge in [0.2, 0.25) is 0 Å².